The van der Waals surface area contributed by atoms with Gasteiger partial charge >= 0.3 is 15.6 Å². The minimum Gasteiger partial charge on any atom is -0.388 e. The summed E-state index contributed by atoms with van der Waals surface area (Å²) in [6, 6.07) is 0. The number of nitrogens with two attached hydrogens (primary N) is 1. The van der Waals surface area contributed by atoms with Gasteiger partial charge in [-0.15, -0.1) is 0 Å². The number of nitrogens with zero attached hydrogens (tertiary/aromatic N) is 4. The largest absolute Gasteiger partial charge is 0.481 e. The van der Waals surface area contributed by atoms with Gasteiger partial charge in [-0.1, -0.05) is 0 Å². The lowest BCUT2D eigenvalue weighted by molar-refractivity contribution is -0.127. The van der Waals surface area contributed by atoms with Crippen LogP contribution in [0.2, 0.25) is 0 Å². The highest BCUT2D eigenvalue weighted by Gasteiger charge is 2.46. The molecule has 1 saturated heterocycles. The summed E-state index contributed by atoms with van der Waals surface area (Å²) in [4.78, 5) is 41.4. The Hall–Kier alpha value is -1.96. The Morgan fingerprint density at radius 3 is 2.44 bits per heavy atom. The van der Waals surface area contributed by atoms with Gasteiger partial charge in [0.25, 0.3) is 0 Å². The summed E-state index contributed by atoms with van der Waals surface area (Å²) in [5, 5.41) is 48.7. The van der Waals surface area contributed by atoms with Gasteiger partial charge in [-0.2, -0.15) is 4.31 Å². The summed E-state index contributed by atoms with van der Waals surface area (Å²) in [6.07, 6.45) is -9.91. The van der Waals surface area contributed by atoms with Crippen molar-refractivity contribution in [3.63, 3.8) is 0 Å². The van der Waals surface area contributed by atoms with E-state index in [4.69, 9.17) is 15.6 Å². The van der Waals surface area contributed by atoms with Crippen LogP contribution in [0.3, 0.4) is 0 Å². The van der Waals surface area contributed by atoms with Gasteiger partial charge in [-0.05, 0) is 0 Å². The van der Waals surface area contributed by atoms with Gasteiger partial charge < -0.3 is 50.6 Å². The van der Waals surface area contributed by atoms with Crippen molar-refractivity contribution in [2.75, 3.05) is 18.9 Å². The molecular weight excluding hydrogens is 536 g/mol. The molecule has 0 aliphatic carbocycles. The van der Waals surface area contributed by atoms with E-state index in [-0.39, 0.29) is 23.3 Å². The molecule has 3 rings (SSSR count). The van der Waals surface area contributed by atoms with Crippen molar-refractivity contribution in [2.24, 2.45) is 0 Å². The van der Waals surface area contributed by atoms with Gasteiger partial charge in [0, 0.05) is 0 Å². The average Bonchev–Trinajstić information content (AvgIpc) is 3.36. The number of hydrogen-bond acceptors (Lipinski definition) is 16. The maximum Gasteiger partial charge on any atom is 0.481 e. The lowest BCUT2D eigenvalue weighted by Gasteiger charge is -2.22. The zero-order chi connectivity index (χ0) is 26.8. The van der Waals surface area contributed by atoms with Gasteiger partial charge in [-0.3, -0.25) is 13.6 Å². The number of ether oxygens (including phenoxy) is 1. The van der Waals surface area contributed by atoms with E-state index < -0.39 is 71.7 Å². The average molecular weight is 559 g/mol. The van der Waals surface area contributed by atoms with E-state index in [1.54, 1.807) is 0 Å². The predicted octanol–water partition coefficient (Wildman–Crippen LogP) is -3.44. The molecule has 0 saturated carbocycles. The highest BCUT2D eigenvalue weighted by Crippen LogP contribution is 2.60. The van der Waals surface area contributed by atoms with Crippen LogP contribution in [0.25, 0.3) is 11.2 Å². The van der Waals surface area contributed by atoms with Crippen molar-refractivity contribution in [3.05, 3.63) is 12.7 Å². The number of phosphoric ester groups is 2. The normalized spacial score (nSPS) is 28.3. The van der Waals surface area contributed by atoms with Crippen LogP contribution in [0.4, 0.5) is 5.82 Å². The van der Waals surface area contributed by atoms with Crippen LogP contribution >= 0.6 is 15.6 Å². The molecule has 19 nitrogen and oxygen atoms in total. The fraction of sp³-hybridized carbons (Fsp3) is 0.600. The lowest BCUT2D eigenvalue weighted by Crippen LogP contribution is -2.40. The highest BCUT2D eigenvalue weighted by atomic mass is 31.3. The molecule has 2 aromatic rings. The topological polar surface area (TPSA) is 299 Å². The first-order valence-corrected chi connectivity index (χ1v) is 12.9. The molecule has 0 amide bonds. The number of aliphatic hydroxyl groups excluding tert-OH is 5. The summed E-state index contributed by atoms with van der Waals surface area (Å²) < 4.78 is 43.5. The number of aliphatic hydroxyl groups is 5. The van der Waals surface area contributed by atoms with Crippen LogP contribution in [0, 0.1) is 0 Å². The zero-order valence-corrected chi connectivity index (χ0v) is 19.7. The standard InChI is InChI=1S/C15H23N5O14P2/c16-13-9-14(18-4-17-13)20(5-19-9)15-12(26)11(25)8(33-15)3-32-36(29,30)34-35(27,28)31-2-7(23)10(24)6(22)1-21/h1,4-8,10-12,15,22-26H,2-3H2,(H,27,28)(H,29,30)(H2,16,17,18). The summed E-state index contributed by atoms with van der Waals surface area (Å²) in [6.45, 7) is -2.11. The van der Waals surface area contributed by atoms with Crippen molar-refractivity contribution in [1.29, 1.82) is 0 Å². The van der Waals surface area contributed by atoms with E-state index in [2.05, 4.69) is 28.3 Å². The van der Waals surface area contributed by atoms with Gasteiger partial charge in [0.2, 0.25) is 0 Å². The number of hydrogen-bond donors (Lipinski definition) is 8. The first-order chi connectivity index (χ1) is 16.8. The Morgan fingerprint density at radius 2 is 1.78 bits per heavy atom. The molecule has 1 aliphatic heterocycles. The number of imidazole rings is 1. The summed E-state index contributed by atoms with van der Waals surface area (Å²) in [5.74, 6) is 0.0441. The number of fused-ring (bicyclic) bond motifs is 1. The van der Waals surface area contributed by atoms with E-state index >= 15 is 0 Å². The van der Waals surface area contributed by atoms with Gasteiger partial charge in [0.05, 0.1) is 19.5 Å². The van der Waals surface area contributed by atoms with E-state index in [0.717, 1.165) is 6.33 Å². The molecule has 1 fully saturated rings. The molecule has 0 radical (unpaired) electrons. The maximum absolute atomic E-state index is 12.1. The number of nitrogen functional groups attached to an aromatic ring is 1. The Morgan fingerprint density at radius 1 is 1.11 bits per heavy atom. The fourth-order valence-electron chi connectivity index (χ4n) is 3.08. The third-order valence-electron chi connectivity index (χ3n) is 4.90. The van der Waals surface area contributed by atoms with Crippen LogP contribution in [-0.4, -0.2) is 111 Å². The molecule has 3 heterocycles. The SMILES string of the molecule is Nc1ncnc2c1ncn2C1OC(COP(=O)(O)OP(=O)(O)OCC(O)C(O)C(O)C=O)C(O)C1O. The van der Waals surface area contributed by atoms with E-state index in [1.807, 2.05) is 0 Å². The molecule has 9 atom stereocenters. The van der Waals surface area contributed by atoms with Gasteiger partial charge in [-0.25, -0.2) is 24.1 Å². The third-order valence-corrected chi connectivity index (χ3v) is 7.50. The number of phosphoric acid groups is 2. The molecule has 1 aliphatic rings. The Kier molecular flexibility index (Phi) is 8.90. The Bertz CT molecular complexity index is 1170. The highest BCUT2D eigenvalue weighted by molar-refractivity contribution is 7.61. The minimum atomic E-state index is -5.39. The number of aromatic nitrogens is 4. The van der Waals surface area contributed by atoms with Crippen LogP contribution < -0.4 is 5.73 Å². The maximum atomic E-state index is 12.1. The first kappa shape index (κ1) is 28.6. The van der Waals surface area contributed by atoms with Crippen LogP contribution in [0.15, 0.2) is 12.7 Å². The second-order valence-corrected chi connectivity index (χ2v) is 10.5. The smallest absolute Gasteiger partial charge is 0.388 e. The Labute approximate surface area is 200 Å². The monoisotopic (exact) mass is 559 g/mol. The van der Waals surface area contributed by atoms with Crippen molar-refractivity contribution in [2.45, 2.75) is 42.9 Å². The lowest BCUT2D eigenvalue weighted by atomic mass is 10.1. The van der Waals surface area contributed by atoms with Crippen LogP contribution in [0.1, 0.15) is 6.23 Å². The molecule has 9 N–H and O–H groups in total. The summed E-state index contributed by atoms with van der Waals surface area (Å²) in [5.41, 5.74) is 6.04. The van der Waals surface area contributed by atoms with E-state index in [9.17, 15) is 44.1 Å². The molecule has 36 heavy (non-hydrogen) atoms. The van der Waals surface area contributed by atoms with E-state index in [0.29, 0.717) is 0 Å². The Balaban J connectivity index is 1.58. The number of carbonyl (C=O) groups is 1. The number of carbonyl (C=O) groups excluding carboxylic acids is 1. The molecule has 2 aromatic heterocycles. The minimum absolute atomic E-state index is 0.0441. The quantitative estimate of drug-likeness (QED) is 0.0926. The van der Waals surface area contributed by atoms with Crippen LogP contribution in [0.5, 0.6) is 0 Å². The van der Waals surface area contributed by atoms with Crippen LogP contribution in [-0.2, 0) is 32.0 Å². The van der Waals surface area contributed by atoms with Crippen molar-refractivity contribution < 1.29 is 67.3 Å². The predicted molar refractivity (Wildman–Crippen MR) is 112 cm³/mol. The molecular formula is C15H23N5O14P2. The number of aldehydes is 1. The molecule has 0 spiro atoms. The fourth-order valence-corrected chi connectivity index (χ4v) is 5.17. The zero-order valence-electron chi connectivity index (χ0n) is 17.9. The van der Waals surface area contributed by atoms with Crippen molar-refractivity contribution in [1.82, 2.24) is 19.5 Å². The summed E-state index contributed by atoms with van der Waals surface area (Å²) in [7, 11) is -10.8. The molecule has 202 valence electrons. The van der Waals surface area contributed by atoms with Gasteiger partial charge in [0.1, 0.15) is 48.5 Å². The third kappa shape index (κ3) is 6.48. The molecule has 0 aromatic carbocycles. The van der Waals surface area contributed by atoms with Crippen molar-refractivity contribution >= 4 is 38.9 Å². The molecule has 0 bridgehead atoms. The second-order valence-electron chi connectivity index (χ2n) is 7.42. The molecule has 9 unspecified atom stereocenters. The number of anilines is 1. The van der Waals surface area contributed by atoms with Gasteiger partial charge in [0.15, 0.2) is 24.0 Å². The van der Waals surface area contributed by atoms with Crippen molar-refractivity contribution in [3.8, 4) is 0 Å². The second kappa shape index (κ2) is 11.2. The van der Waals surface area contributed by atoms with E-state index in [1.165, 1.54) is 10.9 Å². The molecule has 21 heteroatoms. The summed E-state index contributed by atoms with van der Waals surface area (Å²) >= 11 is 0. The number of rotatable bonds is 12. The first-order valence-electron chi connectivity index (χ1n) is 9.86.